The van der Waals surface area contributed by atoms with Gasteiger partial charge in [-0.25, -0.2) is 4.79 Å². The number of benzene rings is 1. The Hall–Kier alpha value is -1.88. The molecule has 0 atom stereocenters. The van der Waals surface area contributed by atoms with E-state index < -0.39 is 5.97 Å². The number of ether oxygens (including phenoxy) is 1. The number of aromatic nitrogens is 2. The maximum atomic E-state index is 11.1. The number of aryl methyl sites for hydroxylation is 1. The summed E-state index contributed by atoms with van der Waals surface area (Å²) in [6.45, 7) is 1.92. The van der Waals surface area contributed by atoms with Crippen LogP contribution in [-0.4, -0.2) is 23.3 Å². The smallest absolute Gasteiger partial charge is 0.396 e. The van der Waals surface area contributed by atoms with Gasteiger partial charge in [-0.2, -0.15) is 0 Å². The lowest BCUT2D eigenvalue weighted by molar-refractivity contribution is 0.0556. The van der Waals surface area contributed by atoms with Gasteiger partial charge in [0.25, 0.3) is 0 Å². The molecule has 6 heteroatoms. The maximum Gasteiger partial charge on any atom is 0.396 e. The van der Waals surface area contributed by atoms with E-state index in [0.29, 0.717) is 10.6 Å². The monoisotopic (exact) mass is 252 g/mol. The quantitative estimate of drug-likeness (QED) is 0.768. The molecule has 0 saturated heterocycles. The number of esters is 1. The summed E-state index contributed by atoms with van der Waals surface area (Å²) in [5.41, 5.74) is 1.60. The molecular formula is C11H9ClN2O3. The molecule has 1 aromatic carbocycles. The average molecular weight is 253 g/mol. The van der Waals surface area contributed by atoms with Crippen molar-refractivity contribution in [3.63, 3.8) is 0 Å². The molecule has 0 amide bonds. The first-order valence-corrected chi connectivity index (χ1v) is 5.18. The number of methoxy groups -OCH3 is 1. The molecule has 0 aliphatic carbocycles. The van der Waals surface area contributed by atoms with Gasteiger partial charge < -0.3 is 9.15 Å². The van der Waals surface area contributed by atoms with E-state index >= 15 is 0 Å². The van der Waals surface area contributed by atoms with Crippen LogP contribution in [0.2, 0.25) is 5.02 Å². The van der Waals surface area contributed by atoms with Gasteiger partial charge in [0.05, 0.1) is 17.7 Å². The lowest BCUT2D eigenvalue weighted by Gasteiger charge is -1.99. The number of hydrogen-bond acceptors (Lipinski definition) is 5. The Morgan fingerprint density at radius 1 is 1.41 bits per heavy atom. The lowest BCUT2D eigenvalue weighted by Crippen LogP contribution is -2.00. The highest BCUT2D eigenvalue weighted by molar-refractivity contribution is 6.33. The molecule has 0 saturated carbocycles. The van der Waals surface area contributed by atoms with Crippen molar-refractivity contribution >= 4 is 17.6 Å². The minimum Gasteiger partial charge on any atom is -0.462 e. The molecule has 0 bridgehead atoms. The fourth-order valence-corrected chi connectivity index (χ4v) is 1.61. The van der Waals surface area contributed by atoms with Crippen LogP contribution >= 0.6 is 11.6 Å². The predicted octanol–water partition coefficient (Wildman–Crippen LogP) is 2.49. The molecule has 2 rings (SSSR count). The largest absolute Gasteiger partial charge is 0.462 e. The van der Waals surface area contributed by atoms with Gasteiger partial charge in [0, 0.05) is 0 Å². The van der Waals surface area contributed by atoms with Gasteiger partial charge in [0.1, 0.15) is 0 Å². The van der Waals surface area contributed by atoms with E-state index in [1.165, 1.54) is 7.11 Å². The minimum atomic E-state index is -0.674. The number of nitrogens with zero attached hydrogens (tertiary/aromatic N) is 2. The van der Waals surface area contributed by atoms with Crippen LogP contribution in [0.25, 0.3) is 11.5 Å². The van der Waals surface area contributed by atoms with E-state index in [0.717, 1.165) is 5.56 Å². The normalized spacial score (nSPS) is 10.3. The first-order chi connectivity index (χ1) is 8.11. The van der Waals surface area contributed by atoms with Crippen molar-refractivity contribution in [3.8, 4) is 11.5 Å². The zero-order valence-corrected chi connectivity index (χ0v) is 9.99. The van der Waals surface area contributed by atoms with Crippen LogP contribution < -0.4 is 0 Å². The first kappa shape index (κ1) is 11.6. The fourth-order valence-electron chi connectivity index (χ4n) is 1.30. The van der Waals surface area contributed by atoms with Crippen molar-refractivity contribution in [2.24, 2.45) is 0 Å². The van der Waals surface area contributed by atoms with Crippen molar-refractivity contribution in [2.45, 2.75) is 6.92 Å². The van der Waals surface area contributed by atoms with Crippen LogP contribution in [0.4, 0.5) is 0 Å². The molecule has 0 fully saturated rings. The predicted molar refractivity (Wildman–Crippen MR) is 60.8 cm³/mol. The van der Waals surface area contributed by atoms with Crippen LogP contribution in [0.1, 0.15) is 16.2 Å². The molecular weight excluding hydrogens is 244 g/mol. The Morgan fingerprint density at radius 2 is 2.18 bits per heavy atom. The highest BCUT2D eigenvalue weighted by atomic mass is 35.5. The van der Waals surface area contributed by atoms with E-state index in [1.807, 2.05) is 13.0 Å². The van der Waals surface area contributed by atoms with Crippen molar-refractivity contribution in [3.05, 3.63) is 34.7 Å². The van der Waals surface area contributed by atoms with Gasteiger partial charge >= 0.3 is 11.9 Å². The standard InChI is InChI=1S/C11H9ClN2O3/c1-6-3-4-7(8(12)5-6)9-13-14-10(17-9)11(15)16-2/h3-5H,1-2H3. The number of carbonyl (C=O) groups excluding carboxylic acids is 1. The molecule has 2 aromatic rings. The number of hydrogen-bond donors (Lipinski definition) is 0. The molecule has 17 heavy (non-hydrogen) atoms. The third kappa shape index (κ3) is 2.29. The number of rotatable bonds is 2. The van der Waals surface area contributed by atoms with Crippen LogP contribution in [0, 0.1) is 6.92 Å². The van der Waals surface area contributed by atoms with Gasteiger partial charge in [-0.1, -0.05) is 17.7 Å². The summed E-state index contributed by atoms with van der Waals surface area (Å²) in [6, 6.07) is 5.40. The Kier molecular flexibility index (Phi) is 3.10. The average Bonchev–Trinajstić information content (AvgIpc) is 2.77. The second-order valence-corrected chi connectivity index (χ2v) is 3.79. The lowest BCUT2D eigenvalue weighted by atomic mass is 10.1. The Morgan fingerprint density at radius 3 is 2.82 bits per heavy atom. The van der Waals surface area contributed by atoms with Gasteiger partial charge in [-0.3, -0.25) is 0 Å². The Bertz CT molecular complexity index is 566. The van der Waals surface area contributed by atoms with Crippen molar-refractivity contribution in [1.29, 1.82) is 0 Å². The molecule has 0 unspecified atom stereocenters. The van der Waals surface area contributed by atoms with Crippen LogP contribution in [0.15, 0.2) is 22.6 Å². The molecule has 5 nitrogen and oxygen atoms in total. The summed E-state index contributed by atoms with van der Waals surface area (Å²) in [6.07, 6.45) is 0. The van der Waals surface area contributed by atoms with E-state index in [9.17, 15) is 4.79 Å². The summed E-state index contributed by atoms with van der Waals surface area (Å²) in [7, 11) is 1.24. The van der Waals surface area contributed by atoms with Crippen LogP contribution in [0.3, 0.4) is 0 Å². The zero-order valence-electron chi connectivity index (χ0n) is 9.23. The Balaban J connectivity index is 2.40. The van der Waals surface area contributed by atoms with Crippen LogP contribution in [-0.2, 0) is 4.74 Å². The third-order valence-electron chi connectivity index (χ3n) is 2.14. The van der Waals surface area contributed by atoms with Crippen LogP contribution in [0.5, 0.6) is 0 Å². The molecule has 1 heterocycles. The molecule has 0 aliphatic heterocycles. The molecule has 0 spiro atoms. The van der Waals surface area contributed by atoms with Crippen molar-refractivity contribution in [2.75, 3.05) is 7.11 Å². The summed E-state index contributed by atoms with van der Waals surface area (Å²) in [5.74, 6) is -0.679. The van der Waals surface area contributed by atoms with E-state index in [1.54, 1.807) is 12.1 Å². The molecule has 0 radical (unpaired) electrons. The summed E-state index contributed by atoms with van der Waals surface area (Å²) in [5, 5.41) is 7.81. The molecule has 0 N–H and O–H groups in total. The van der Waals surface area contributed by atoms with Gasteiger partial charge in [0.15, 0.2) is 0 Å². The highest BCUT2D eigenvalue weighted by Gasteiger charge is 2.17. The van der Waals surface area contributed by atoms with Gasteiger partial charge in [0.2, 0.25) is 5.89 Å². The minimum absolute atomic E-state index is 0.190. The first-order valence-electron chi connectivity index (χ1n) is 4.80. The summed E-state index contributed by atoms with van der Waals surface area (Å²) < 4.78 is 9.63. The third-order valence-corrected chi connectivity index (χ3v) is 2.45. The SMILES string of the molecule is COC(=O)c1nnc(-c2ccc(C)cc2Cl)o1. The van der Waals surface area contributed by atoms with E-state index in [2.05, 4.69) is 14.9 Å². The molecule has 1 aromatic heterocycles. The second kappa shape index (κ2) is 4.55. The van der Waals surface area contributed by atoms with E-state index in [4.69, 9.17) is 16.0 Å². The second-order valence-electron chi connectivity index (χ2n) is 3.39. The van der Waals surface area contributed by atoms with Crippen molar-refractivity contribution in [1.82, 2.24) is 10.2 Å². The molecule has 88 valence electrons. The molecule has 0 aliphatic rings. The fraction of sp³-hybridized carbons (Fsp3) is 0.182. The topological polar surface area (TPSA) is 65.2 Å². The summed E-state index contributed by atoms with van der Waals surface area (Å²) in [4.78, 5) is 11.1. The zero-order chi connectivity index (χ0) is 12.4. The van der Waals surface area contributed by atoms with Gasteiger partial charge in [-0.15, -0.1) is 10.2 Å². The van der Waals surface area contributed by atoms with E-state index in [-0.39, 0.29) is 11.8 Å². The maximum absolute atomic E-state index is 11.1. The summed E-state index contributed by atoms with van der Waals surface area (Å²) >= 11 is 6.04. The van der Waals surface area contributed by atoms with Crippen molar-refractivity contribution < 1.29 is 13.9 Å². The Labute approximate surface area is 102 Å². The highest BCUT2D eigenvalue weighted by Crippen LogP contribution is 2.27. The number of carbonyl (C=O) groups is 1. The van der Waals surface area contributed by atoms with Gasteiger partial charge in [-0.05, 0) is 24.6 Å². The number of halogens is 1.